The van der Waals surface area contributed by atoms with Gasteiger partial charge in [-0.05, 0) is 127 Å². The van der Waals surface area contributed by atoms with E-state index in [-0.39, 0.29) is 23.0 Å². The van der Waals surface area contributed by atoms with Crippen molar-refractivity contribution >= 4 is 29.7 Å². The highest BCUT2D eigenvalue weighted by molar-refractivity contribution is 5.74. The van der Waals surface area contributed by atoms with Gasteiger partial charge in [-0.1, -0.05) is 89.8 Å². The zero-order valence-corrected chi connectivity index (χ0v) is 32.0. The first kappa shape index (κ1) is 37.2. The minimum absolute atomic E-state index is 0.107. The van der Waals surface area contributed by atoms with Crippen LogP contribution in [0.3, 0.4) is 0 Å². The molecule has 6 rings (SSSR count). The van der Waals surface area contributed by atoms with Gasteiger partial charge >= 0.3 is 11.8 Å². The van der Waals surface area contributed by atoms with Crippen molar-refractivity contribution in [2.45, 2.75) is 111 Å². The Morgan fingerprint density at radius 2 is 1.69 bits per heavy atom. The van der Waals surface area contributed by atoms with Gasteiger partial charge in [-0.2, -0.15) is 0 Å². The van der Waals surface area contributed by atoms with Crippen LogP contribution in [0.2, 0.25) is 0 Å². The molecule has 0 spiro atoms. The van der Waals surface area contributed by atoms with Crippen LogP contribution in [-0.4, -0.2) is 31.3 Å². The van der Waals surface area contributed by atoms with E-state index < -0.39 is 11.1 Å². The number of carbonyl (C=O) groups is 1. The summed E-state index contributed by atoms with van der Waals surface area (Å²) in [5.41, 5.74) is 4.54. The lowest BCUT2D eigenvalue weighted by Crippen LogP contribution is -2.51. The zero-order valence-electron chi connectivity index (χ0n) is 32.0. The highest BCUT2D eigenvalue weighted by Crippen LogP contribution is 2.67. The van der Waals surface area contributed by atoms with Crippen molar-refractivity contribution < 1.29 is 19.2 Å². The molecule has 0 radical (unpaired) electrons. The van der Waals surface area contributed by atoms with Crippen molar-refractivity contribution in [3.8, 4) is 5.75 Å². The topological polar surface area (TPSA) is 81.9 Å². The Hall–Kier alpha value is -3.61. The molecular formula is C44H60N2O5. The Morgan fingerprint density at radius 1 is 0.961 bits per heavy atom. The zero-order chi connectivity index (χ0) is 36.5. The van der Waals surface area contributed by atoms with Gasteiger partial charge < -0.3 is 14.4 Å². The van der Waals surface area contributed by atoms with Gasteiger partial charge in [0.05, 0.1) is 4.92 Å². The molecule has 3 fully saturated rings. The van der Waals surface area contributed by atoms with Crippen LogP contribution in [0.5, 0.6) is 5.75 Å². The van der Waals surface area contributed by atoms with Crippen LogP contribution in [0.25, 0.3) is 12.2 Å². The largest absolute Gasteiger partial charge is 0.514 e. The first-order valence-electron chi connectivity index (χ1n) is 19.6. The molecule has 7 heteroatoms. The fraction of sp³-hybridized carbons (Fsp3) is 0.614. The number of allylic oxidation sites excluding steroid dienone is 1. The van der Waals surface area contributed by atoms with Crippen LogP contribution in [0.4, 0.5) is 16.2 Å². The van der Waals surface area contributed by atoms with Crippen LogP contribution in [-0.2, 0) is 4.74 Å². The third-order valence-electron chi connectivity index (χ3n) is 13.8. The molecule has 8 atom stereocenters. The molecule has 0 saturated heterocycles. The molecule has 0 N–H and O–H groups in total. The number of fused-ring (bicyclic) bond motifs is 5. The molecule has 276 valence electrons. The second-order valence-electron chi connectivity index (χ2n) is 17.4. The van der Waals surface area contributed by atoms with Crippen LogP contribution >= 0.6 is 0 Å². The summed E-state index contributed by atoms with van der Waals surface area (Å²) in [5.74, 6) is 4.56. The maximum atomic E-state index is 13.1. The van der Waals surface area contributed by atoms with E-state index in [9.17, 15) is 14.9 Å². The van der Waals surface area contributed by atoms with Crippen molar-refractivity contribution in [1.29, 1.82) is 0 Å². The molecule has 0 bridgehead atoms. The second kappa shape index (κ2) is 15.2. The molecule has 7 nitrogen and oxygen atoms in total. The van der Waals surface area contributed by atoms with Crippen molar-refractivity contribution in [3.63, 3.8) is 0 Å². The Labute approximate surface area is 306 Å². The Kier molecular flexibility index (Phi) is 11.0. The summed E-state index contributed by atoms with van der Waals surface area (Å²) < 4.78 is 11.4. The van der Waals surface area contributed by atoms with Crippen molar-refractivity contribution in [3.05, 3.63) is 75.4 Å². The fourth-order valence-corrected chi connectivity index (χ4v) is 10.9. The number of ether oxygens (including phenoxy) is 2. The average Bonchev–Trinajstić information content (AvgIpc) is 3.44. The van der Waals surface area contributed by atoms with Gasteiger partial charge in [0.2, 0.25) is 5.75 Å². The van der Waals surface area contributed by atoms with Crippen LogP contribution in [0, 0.1) is 56.5 Å². The fourth-order valence-electron chi connectivity index (χ4n) is 10.9. The number of hydrogen-bond donors (Lipinski definition) is 0. The van der Waals surface area contributed by atoms with E-state index >= 15 is 0 Å². The van der Waals surface area contributed by atoms with E-state index in [0.717, 1.165) is 60.1 Å². The summed E-state index contributed by atoms with van der Waals surface area (Å²) in [6, 6.07) is 12.6. The standard InChI is InChI=1S/C44H60N2O5/c1-29(2)9-8-10-30(3)37-20-21-38-36-19-16-33-28-35(23-25-43(33,4)39(36)24-26-44(37,38)5)50-42(47)51-41-27-32(15-22-40(41)46(48)49)12-11-31-13-17-34(18-14-31)45(6)7/h11-18,22,27,29-30,35-39H,8-10,19-21,23-26,28H2,1-7H3/b12-11+/t30-,35+,36+,37-,38+,39+,43+,44-/m1/s1. The third kappa shape index (κ3) is 7.78. The molecule has 0 amide bonds. The monoisotopic (exact) mass is 696 g/mol. The maximum Gasteiger partial charge on any atom is 0.514 e. The molecule has 51 heavy (non-hydrogen) atoms. The Morgan fingerprint density at radius 3 is 2.39 bits per heavy atom. The summed E-state index contributed by atoms with van der Waals surface area (Å²) in [5, 5.41) is 11.8. The number of nitro groups is 1. The van der Waals surface area contributed by atoms with Gasteiger partial charge in [0.1, 0.15) is 6.10 Å². The van der Waals surface area contributed by atoms with Crippen molar-refractivity contribution in [2.24, 2.45) is 46.3 Å². The second-order valence-corrected chi connectivity index (χ2v) is 17.4. The molecule has 4 aliphatic carbocycles. The Balaban J connectivity index is 1.08. The summed E-state index contributed by atoms with van der Waals surface area (Å²) in [4.78, 5) is 26.5. The lowest BCUT2D eigenvalue weighted by atomic mass is 9.47. The van der Waals surface area contributed by atoms with E-state index in [1.807, 2.05) is 55.4 Å². The van der Waals surface area contributed by atoms with Gasteiger partial charge in [-0.25, -0.2) is 4.79 Å². The molecule has 0 unspecified atom stereocenters. The molecule has 3 saturated carbocycles. The summed E-state index contributed by atoms with van der Waals surface area (Å²) >= 11 is 0. The van der Waals surface area contributed by atoms with Gasteiger partial charge in [0, 0.05) is 32.3 Å². The molecule has 0 heterocycles. The number of nitrogens with zero attached hydrogens (tertiary/aromatic N) is 2. The molecule has 2 aromatic rings. The molecule has 2 aromatic carbocycles. The van der Waals surface area contributed by atoms with Crippen LogP contribution in [0.15, 0.2) is 54.1 Å². The number of rotatable bonds is 11. The third-order valence-corrected chi connectivity index (χ3v) is 13.8. The van der Waals surface area contributed by atoms with E-state index in [4.69, 9.17) is 9.47 Å². The Bertz CT molecular complexity index is 1630. The first-order valence-corrected chi connectivity index (χ1v) is 19.6. The van der Waals surface area contributed by atoms with Crippen molar-refractivity contribution in [2.75, 3.05) is 19.0 Å². The highest BCUT2D eigenvalue weighted by Gasteiger charge is 2.59. The first-order chi connectivity index (χ1) is 24.3. The van der Waals surface area contributed by atoms with Gasteiger partial charge in [-0.15, -0.1) is 0 Å². The minimum Gasteiger partial charge on any atom is -0.430 e. The summed E-state index contributed by atoms with van der Waals surface area (Å²) in [6.45, 7) is 12.3. The van der Waals surface area contributed by atoms with Crippen LogP contribution < -0.4 is 9.64 Å². The number of benzene rings is 2. The lowest BCUT2D eigenvalue weighted by molar-refractivity contribution is -0.385. The summed E-state index contributed by atoms with van der Waals surface area (Å²) in [6.07, 6.45) is 18.2. The normalized spacial score (nSPS) is 30.6. The molecule has 0 aromatic heterocycles. The lowest BCUT2D eigenvalue weighted by Gasteiger charge is -2.58. The SMILES string of the molecule is CC(C)CCC[C@@H](C)[C@H]1CC[C@H]2[C@@H]3CC=C4C[C@@H](OC(=O)Oc5cc(/C=C/c6ccc(N(C)C)cc6)ccc5[N+](=O)[O-])CC[C@]4(C)[C@H]3CC[C@]12C. The van der Waals surface area contributed by atoms with Gasteiger partial charge in [0.25, 0.3) is 0 Å². The predicted octanol–water partition coefficient (Wildman–Crippen LogP) is 11.8. The maximum absolute atomic E-state index is 13.1. The van der Waals surface area contributed by atoms with Crippen molar-refractivity contribution in [1.82, 2.24) is 0 Å². The number of nitro benzene ring substituents is 1. The number of carbonyl (C=O) groups excluding carboxylic acids is 1. The molecular weight excluding hydrogens is 636 g/mol. The van der Waals surface area contributed by atoms with E-state index in [2.05, 4.69) is 40.7 Å². The van der Waals surface area contributed by atoms with Gasteiger partial charge in [-0.3, -0.25) is 10.1 Å². The number of hydrogen-bond acceptors (Lipinski definition) is 6. The predicted molar refractivity (Wildman–Crippen MR) is 207 cm³/mol. The molecule has 4 aliphatic rings. The van der Waals surface area contributed by atoms with E-state index in [1.165, 1.54) is 62.7 Å². The smallest absolute Gasteiger partial charge is 0.430 e. The number of anilines is 1. The van der Waals surface area contributed by atoms with Gasteiger partial charge in [0.15, 0.2) is 0 Å². The van der Waals surface area contributed by atoms with E-state index in [1.54, 1.807) is 6.07 Å². The average molecular weight is 697 g/mol. The minimum atomic E-state index is -0.880. The quantitative estimate of drug-likeness (QED) is 0.0581. The van der Waals surface area contributed by atoms with E-state index in [0.29, 0.717) is 23.3 Å². The highest BCUT2D eigenvalue weighted by atomic mass is 16.7. The molecule has 0 aliphatic heterocycles. The van der Waals surface area contributed by atoms with Crippen LogP contribution in [0.1, 0.15) is 116 Å². The summed E-state index contributed by atoms with van der Waals surface area (Å²) in [7, 11) is 3.99.